The summed E-state index contributed by atoms with van der Waals surface area (Å²) < 4.78 is 39.1. The third kappa shape index (κ3) is 7.19. The van der Waals surface area contributed by atoms with E-state index in [0.29, 0.717) is 0 Å². The van der Waals surface area contributed by atoms with Crippen LogP contribution < -0.4 is 0 Å². The molecule has 4 saturated heterocycles. The van der Waals surface area contributed by atoms with Crippen molar-refractivity contribution in [1.82, 2.24) is 0 Å². The molecule has 47 heavy (non-hydrogen) atoms. The molecule has 4 fully saturated rings. The first-order valence-electron chi connectivity index (χ1n) is 15.0. The summed E-state index contributed by atoms with van der Waals surface area (Å²) in [4.78, 5) is 0. The number of aliphatic hydroxyl groups is 14. The van der Waals surface area contributed by atoms with Gasteiger partial charge in [-0.2, -0.15) is 0 Å². The molecule has 4 heterocycles. The molecular weight excluding hydrogens is 648 g/mol. The predicted molar refractivity (Wildman–Crippen MR) is 143 cm³/mol. The Bertz CT molecular complexity index is 994. The van der Waals surface area contributed by atoms with Gasteiger partial charge < -0.3 is 105 Å². The van der Waals surface area contributed by atoms with Gasteiger partial charge in [-0.05, 0) is 0 Å². The molecule has 0 aromatic rings. The van der Waals surface area contributed by atoms with Crippen LogP contribution in [0.5, 0.6) is 0 Å². The Kier molecular flexibility index (Phi) is 12.9. The molecule has 0 saturated carbocycles. The van der Waals surface area contributed by atoms with E-state index in [-0.39, 0.29) is 13.0 Å². The molecule has 14 N–H and O–H groups in total. The van der Waals surface area contributed by atoms with Crippen LogP contribution in [0.4, 0.5) is 0 Å². The Labute approximate surface area is 267 Å². The number of hydrogen-bond donors (Lipinski definition) is 14. The first kappa shape index (κ1) is 39.0. The first-order chi connectivity index (χ1) is 22.2. The Hall–Kier alpha value is -0.840. The number of rotatable bonds is 15. The normalized spacial score (nSPS) is 50.4. The molecule has 0 amide bonds. The van der Waals surface area contributed by atoms with Crippen LogP contribution in [0, 0.1) is 0 Å². The van der Waals surface area contributed by atoms with Gasteiger partial charge >= 0.3 is 0 Å². The van der Waals surface area contributed by atoms with E-state index in [2.05, 4.69) is 0 Å². The third-order valence-corrected chi connectivity index (χ3v) is 9.10. The highest BCUT2D eigenvalue weighted by Crippen LogP contribution is 2.40. The lowest BCUT2D eigenvalue weighted by molar-refractivity contribution is -0.400. The van der Waals surface area contributed by atoms with E-state index < -0.39 is 149 Å². The zero-order valence-corrected chi connectivity index (χ0v) is 25.1. The zero-order valence-electron chi connectivity index (χ0n) is 25.1. The minimum Gasteiger partial charge on any atom is -0.394 e. The summed E-state index contributed by atoms with van der Waals surface area (Å²) in [6, 6.07) is 0. The summed E-state index contributed by atoms with van der Waals surface area (Å²) in [5, 5.41) is 143. The lowest BCUT2D eigenvalue weighted by atomic mass is 9.92. The number of hydrogen-bond acceptors (Lipinski definition) is 21. The van der Waals surface area contributed by atoms with Crippen molar-refractivity contribution < 1.29 is 105 Å². The Balaban J connectivity index is 1.55. The summed E-state index contributed by atoms with van der Waals surface area (Å²) in [5.41, 5.74) is -1.76. The lowest BCUT2D eigenvalue weighted by Gasteiger charge is -2.44. The average molecular weight is 695 g/mol. The standard InChI is InChI=1S/C26H46O21/c27-3-10-14(32)18(36)19(37)23(43-10)47-26(22(40)17(35)13(6-30)46-26)9-42-25(21(39)16(34)12(5-29)45-25)8-41-2-1-24(7-31)20(38)15(33)11(4-28)44-24/h10-23,27-40H,1-9H2/t10?,11-,12-,13-,14-,15?,16?,17?,18-,19?,20+,21+,22+,23-,24+,25+,26-/m0/s1. The number of ether oxygens (including phenoxy) is 7. The maximum atomic E-state index is 11.0. The van der Waals surface area contributed by atoms with Gasteiger partial charge in [0.15, 0.2) is 6.29 Å². The summed E-state index contributed by atoms with van der Waals surface area (Å²) in [6.07, 6.45) is -24.5. The molecule has 276 valence electrons. The van der Waals surface area contributed by atoms with E-state index in [1.807, 2.05) is 0 Å². The van der Waals surface area contributed by atoms with Crippen LogP contribution in [0.2, 0.25) is 0 Å². The topological polar surface area (TPSA) is 348 Å². The lowest BCUT2D eigenvalue weighted by Crippen LogP contribution is -2.63. The van der Waals surface area contributed by atoms with Gasteiger partial charge in [-0.1, -0.05) is 0 Å². The van der Waals surface area contributed by atoms with E-state index in [4.69, 9.17) is 33.2 Å². The second kappa shape index (κ2) is 15.6. The smallest absolute Gasteiger partial charge is 0.224 e. The van der Waals surface area contributed by atoms with E-state index in [0.717, 1.165) is 0 Å². The highest BCUT2D eigenvalue weighted by Gasteiger charge is 2.62. The van der Waals surface area contributed by atoms with E-state index in [1.54, 1.807) is 0 Å². The van der Waals surface area contributed by atoms with Crippen molar-refractivity contribution in [2.75, 3.05) is 52.9 Å². The van der Waals surface area contributed by atoms with E-state index in [1.165, 1.54) is 0 Å². The van der Waals surface area contributed by atoms with Crippen molar-refractivity contribution in [3.63, 3.8) is 0 Å². The van der Waals surface area contributed by atoms with Gasteiger partial charge in [0.25, 0.3) is 0 Å². The van der Waals surface area contributed by atoms with Crippen LogP contribution in [0.1, 0.15) is 6.42 Å². The molecule has 4 aliphatic rings. The van der Waals surface area contributed by atoms with Crippen molar-refractivity contribution in [2.45, 2.75) is 109 Å². The highest BCUT2D eigenvalue weighted by atomic mass is 16.8. The highest BCUT2D eigenvalue weighted by molar-refractivity contribution is 5.03. The molecular formula is C26H46O21. The maximum absolute atomic E-state index is 11.0. The van der Waals surface area contributed by atoms with Crippen molar-refractivity contribution in [1.29, 1.82) is 0 Å². The largest absolute Gasteiger partial charge is 0.394 e. The van der Waals surface area contributed by atoms with Crippen LogP contribution in [0.3, 0.4) is 0 Å². The molecule has 5 unspecified atom stereocenters. The summed E-state index contributed by atoms with van der Waals surface area (Å²) in [7, 11) is 0. The molecule has 17 atom stereocenters. The van der Waals surface area contributed by atoms with Gasteiger partial charge in [0.1, 0.15) is 98.2 Å². The van der Waals surface area contributed by atoms with Crippen LogP contribution in [0.15, 0.2) is 0 Å². The third-order valence-electron chi connectivity index (χ3n) is 9.10. The molecule has 0 aromatic carbocycles. The second-order valence-electron chi connectivity index (χ2n) is 12.1. The van der Waals surface area contributed by atoms with Gasteiger partial charge in [0, 0.05) is 13.0 Å². The van der Waals surface area contributed by atoms with Gasteiger partial charge in [-0.3, -0.25) is 0 Å². The average Bonchev–Trinajstić information content (AvgIpc) is 3.58. The van der Waals surface area contributed by atoms with Crippen LogP contribution in [-0.2, 0) is 33.2 Å². The molecule has 4 aliphatic heterocycles. The molecule has 0 spiro atoms. The molecule has 4 rings (SSSR count). The molecule has 0 radical (unpaired) electrons. The van der Waals surface area contributed by atoms with E-state index in [9.17, 15) is 71.5 Å². The van der Waals surface area contributed by atoms with Crippen molar-refractivity contribution in [3.8, 4) is 0 Å². The Morgan fingerprint density at radius 2 is 1.02 bits per heavy atom. The fraction of sp³-hybridized carbons (Fsp3) is 1.00. The monoisotopic (exact) mass is 694 g/mol. The van der Waals surface area contributed by atoms with Gasteiger partial charge in [0.05, 0.1) is 33.0 Å². The van der Waals surface area contributed by atoms with Crippen molar-refractivity contribution in [2.24, 2.45) is 0 Å². The molecule has 0 aromatic heterocycles. The fourth-order valence-electron chi connectivity index (χ4n) is 6.10. The molecule has 21 heteroatoms. The zero-order chi connectivity index (χ0) is 34.9. The Morgan fingerprint density at radius 1 is 0.511 bits per heavy atom. The van der Waals surface area contributed by atoms with Crippen molar-refractivity contribution >= 4 is 0 Å². The number of aliphatic hydroxyl groups excluding tert-OH is 14. The van der Waals surface area contributed by atoms with Crippen LogP contribution in [-0.4, -0.2) is 227 Å². The van der Waals surface area contributed by atoms with E-state index >= 15 is 0 Å². The van der Waals surface area contributed by atoms with Gasteiger partial charge in [-0.15, -0.1) is 0 Å². The maximum Gasteiger partial charge on any atom is 0.224 e. The predicted octanol–water partition coefficient (Wildman–Crippen LogP) is -9.31. The van der Waals surface area contributed by atoms with Crippen LogP contribution >= 0.6 is 0 Å². The first-order valence-corrected chi connectivity index (χ1v) is 15.0. The van der Waals surface area contributed by atoms with Gasteiger partial charge in [0.2, 0.25) is 11.6 Å². The summed E-state index contributed by atoms with van der Waals surface area (Å²) in [5.74, 6) is -5.00. The Morgan fingerprint density at radius 3 is 1.53 bits per heavy atom. The summed E-state index contributed by atoms with van der Waals surface area (Å²) in [6.45, 7) is -6.22. The fourth-order valence-corrected chi connectivity index (χ4v) is 6.10. The van der Waals surface area contributed by atoms with Gasteiger partial charge in [-0.25, -0.2) is 0 Å². The molecule has 21 nitrogen and oxygen atoms in total. The minimum atomic E-state index is -2.60. The molecule has 0 bridgehead atoms. The van der Waals surface area contributed by atoms with Crippen LogP contribution in [0.25, 0.3) is 0 Å². The molecule has 0 aliphatic carbocycles. The summed E-state index contributed by atoms with van der Waals surface area (Å²) >= 11 is 0. The van der Waals surface area contributed by atoms with Crippen molar-refractivity contribution in [3.05, 3.63) is 0 Å². The SMILES string of the molecule is OCC1O[C@@H](O[C@]2(CO[C@]3(COCC[C@]4(CO)O[C@@H](CO)C(O)[C@H]4O)O[C@@H](CO)C(O)[C@H]3O)O[C@@H](CO)C(O)[C@H]2O)C(O)[C@@H](O)[C@H]1O. The second-order valence-corrected chi connectivity index (χ2v) is 12.1. The quantitative estimate of drug-likeness (QED) is 0.0707. The minimum absolute atomic E-state index is 0.285.